The summed E-state index contributed by atoms with van der Waals surface area (Å²) in [4.78, 5) is 10.9. The summed E-state index contributed by atoms with van der Waals surface area (Å²) in [5, 5.41) is 9.06. The lowest BCUT2D eigenvalue weighted by atomic mass is 9.86. The highest BCUT2D eigenvalue weighted by molar-refractivity contribution is 5.67. The fourth-order valence-corrected chi connectivity index (χ4v) is 2.46. The first-order valence-electron chi connectivity index (χ1n) is 4.58. The molecule has 14 heavy (non-hydrogen) atoms. The summed E-state index contributed by atoms with van der Waals surface area (Å²) < 4.78 is 15.9. The number of carbonyl (C=O) groups is 1. The van der Waals surface area contributed by atoms with Gasteiger partial charge in [0.05, 0.1) is 6.10 Å². The van der Waals surface area contributed by atoms with Crippen molar-refractivity contribution in [3.63, 3.8) is 0 Å². The number of esters is 1. The molecular formula is C9H9NO4. The highest BCUT2D eigenvalue weighted by Crippen LogP contribution is 2.53. The summed E-state index contributed by atoms with van der Waals surface area (Å²) in [6, 6.07) is 2.05. The van der Waals surface area contributed by atoms with Crippen molar-refractivity contribution in [1.29, 1.82) is 5.26 Å². The normalized spacial score (nSPS) is 52.3. The smallest absolute Gasteiger partial charge is 0.304 e. The van der Waals surface area contributed by atoms with Crippen molar-refractivity contribution in [2.45, 2.75) is 43.4 Å². The zero-order chi connectivity index (χ0) is 9.92. The van der Waals surface area contributed by atoms with Crippen LogP contribution >= 0.6 is 0 Å². The van der Waals surface area contributed by atoms with Crippen LogP contribution in [0.25, 0.3) is 0 Å². The predicted molar refractivity (Wildman–Crippen MR) is 42.0 cm³/mol. The lowest BCUT2D eigenvalue weighted by Crippen LogP contribution is -2.45. The number of nitrogens with zero attached hydrogens (tertiary/aromatic N) is 1. The van der Waals surface area contributed by atoms with Crippen molar-refractivity contribution in [1.82, 2.24) is 0 Å². The molecule has 3 rings (SSSR count). The fourth-order valence-electron chi connectivity index (χ4n) is 2.46. The fraction of sp³-hybridized carbons (Fsp3) is 0.778. The highest BCUT2D eigenvalue weighted by atomic mass is 16.7. The molecule has 5 nitrogen and oxygen atoms in total. The average molecular weight is 195 g/mol. The summed E-state index contributed by atoms with van der Waals surface area (Å²) >= 11 is 0. The zero-order valence-corrected chi connectivity index (χ0v) is 7.60. The number of fused-ring (bicyclic) bond motifs is 5. The van der Waals surface area contributed by atoms with E-state index in [2.05, 4.69) is 0 Å². The van der Waals surface area contributed by atoms with Gasteiger partial charge in [0, 0.05) is 13.3 Å². The summed E-state index contributed by atoms with van der Waals surface area (Å²) in [5.41, 5.74) is -1.10. The van der Waals surface area contributed by atoms with Gasteiger partial charge in [-0.05, 0) is 0 Å². The van der Waals surface area contributed by atoms with E-state index in [1.165, 1.54) is 6.92 Å². The van der Waals surface area contributed by atoms with Crippen LogP contribution in [-0.4, -0.2) is 36.0 Å². The second kappa shape index (κ2) is 2.27. The minimum Gasteiger partial charge on any atom is -0.441 e. The quantitative estimate of drug-likeness (QED) is 0.426. The number of hydrogen-bond acceptors (Lipinski definition) is 5. The lowest BCUT2D eigenvalue weighted by Gasteiger charge is -2.25. The summed E-state index contributed by atoms with van der Waals surface area (Å²) in [6.45, 7) is 1.30. The molecule has 0 aliphatic carbocycles. The molecule has 3 aliphatic heterocycles. The minimum absolute atomic E-state index is 0.0345. The topological polar surface area (TPSA) is 71.9 Å². The third-order valence-corrected chi connectivity index (χ3v) is 3.03. The lowest BCUT2D eigenvalue weighted by molar-refractivity contribution is -0.156. The molecule has 0 spiro atoms. The largest absolute Gasteiger partial charge is 0.441 e. The summed E-state index contributed by atoms with van der Waals surface area (Å²) in [7, 11) is 0. The second-order valence-corrected chi connectivity index (χ2v) is 3.96. The molecule has 5 atom stereocenters. The molecular weight excluding hydrogens is 186 g/mol. The third kappa shape index (κ3) is 0.825. The van der Waals surface area contributed by atoms with Gasteiger partial charge in [-0.2, -0.15) is 5.26 Å². The van der Waals surface area contributed by atoms with Crippen LogP contribution in [0, 0.1) is 11.3 Å². The molecule has 3 saturated heterocycles. The van der Waals surface area contributed by atoms with Crippen molar-refractivity contribution < 1.29 is 19.0 Å². The first-order chi connectivity index (χ1) is 6.66. The van der Waals surface area contributed by atoms with E-state index in [-0.39, 0.29) is 24.4 Å². The summed E-state index contributed by atoms with van der Waals surface area (Å²) in [6.07, 6.45) is 0.0923. The first kappa shape index (κ1) is 8.21. The Morgan fingerprint density at radius 2 is 2.36 bits per heavy atom. The monoisotopic (exact) mass is 195 g/mol. The van der Waals surface area contributed by atoms with E-state index in [1.807, 2.05) is 6.07 Å². The Labute approximate surface area is 80.5 Å². The van der Waals surface area contributed by atoms with Crippen molar-refractivity contribution in [2.24, 2.45) is 0 Å². The van der Waals surface area contributed by atoms with Gasteiger partial charge in [-0.15, -0.1) is 0 Å². The standard InChI is InChI=1S/C9H9NO4/c1-4(11)14-9(3-10)2-5-6-7(13-6)8(9)12-5/h5-8H,2H2,1H3/t5-,6-,7-,8-,9-/m1/s1. The van der Waals surface area contributed by atoms with Gasteiger partial charge in [0.25, 0.3) is 0 Å². The van der Waals surface area contributed by atoms with Gasteiger partial charge in [-0.25, -0.2) is 0 Å². The third-order valence-electron chi connectivity index (χ3n) is 3.03. The Balaban J connectivity index is 1.89. The molecule has 2 bridgehead atoms. The van der Waals surface area contributed by atoms with Crippen molar-refractivity contribution in [3.05, 3.63) is 0 Å². The van der Waals surface area contributed by atoms with Crippen LogP contribution in [0.3, 0.4) is 0 Å². The molecule has 0 aromatic heterocycles. The van der Waals surface area contributed by atoms with Gasteiger partial charge in [0.15, 0.2) is 0 Å². The molecule has 0 aromatic carbocycles. The molecule has 3 heterocycles. The number of ether oxygens (including phenoxy) is 3. The Hall–Kier alpha value is -1.12. The van der Waals surface area contributed by atoms with Gasteiger partial charge < -0.3 is 14.2 Å². The van der Waals surface area contributed by atoms with Crippen LogP contribution < -0.4 is 0 Å². The van der Waals surface area contributed by atoms with Crippen LogP contribution in [0.1, 0.15) is 13.3 Å². The second-order valence-electron chi connectivity index (χ2n) is 3.96. The van der Waals surface area contributed by atoms with Gasteiger partial charge in [-0.3, -0.25) is 4.79 Å². The van der Waals surface area contributed by atoms with Gasteiger partial charge in [-0.1, -0.05) is 0 Å². The van der Waals surface area contributed by atoms with E-state index in [0.29, 0.717) is 6.42 Å². The first-order valence-corrected chi connectivity index (χ1v) is 4.58. The number of carbonyl (C=O) groups excluding carboxylic acids is 1. The maximum absolute atomic E-state index is 10.9. The molecule has 0 amide bonds. The molecule has 0 N–H and O–H groups in total. The van der Waals surface area contributed by atoms with Crippen LogP contribution in [-0.2, 0) is 19.0 Å². The van der Waals surface area contributed by atoms with Gasteiger partial charge in [0.2, 0.25) is 5.60 Å². The molecule has 5 heteroatoms. The van der Waals surface area contributed by atoms with Crippen LogP contribution in [0.15, 0.2) is 0 Å². The van der Waals surface area contributed by atoms with E-state index in [1.54, 1.807) is 0 Å². The van der Waals surface area contributed by atoms with Crippen LogP contribution in [0.2, 0.25) is 0 Å². The molecule has 3 aliphatic rings. The zero-order valence-electron chi connectivity index (χ0n) is 7.60. The molecule has 0 aromatic rings. The Bertz CT molecular complexity index is 349. The van der Waals surface area contributed by atoms with Crippen molar-refractivity contribution in [2.75, 3.05) is 0 Å². The van der Waals surface area contributed by atoms with Gasteiger partial charge in [0.1, 0.15) is 24.4 Å². The van der Waals surface area contributed by atoms with E-state index in [4.69, 9.17) is 19.5 Å². The Morgan fingerprint density at radius 1 is 1.57 bits per heavy atom. The van der Waals surface area contributed by atoms with E-state index < -0.39 is 11.6 Å². The molecule has 0 radical (unpaired) electrons. The van der Waals surface area contributed by atoms with Crippen molar-refractivity contribution >= 4 is 5.97 Å². The molecule has 0 unspecified atom stereocenters. The van der Waals surface area contributed by atoms with Crippen LogP contribution in [0.5, 0.6) is 0 Å². The van der Waals surface area contributed by atoms with Gasteiger partial charge >= 0.3 is 5.97 Å². The maximum Gasteiger partial charge on any atom is 0.304 e. The minimum atomic E-state index is -1.10. The van der Waals surface area contributed by atoms with Crippen LogP contribution in [0.4, 0.5) is 0 Å². The number of nitriles is 1. The number of epoxide rings is 1. The Morgan fingerprint density at radius 3 is 2.86 bits per heavy atom. The van der Waals surface area contributed by atoms with E-state index in [9.17, 15) is 4.79 Å². The number of rotatable bonds is 1. The molecule has 0 saturated carbocycles. The highest BCUT2D eigenvalue weighted by Gasteiger charge is 2.72. The number of hydrogen-bond donors (Lipinski definition) is 0. The van der Waals surface area contributed by atoms with E-state index >= 15 is 0 Å². The Kier molecular flexibility index (Phi) is 1.33. The maximum atomic E-state index is 10.9. The molecule has 74 valence electrons. The van der Waals surface area contributed by atoms with E-state index in [0.717, 1.165) is 0 Å². The average Bonchev–Trinajstić information content (AvgIpc) is 2.76. The van der Waals surface area contributed by atoms with Crippen molar-refractivity contribution in [3.8, 4) is 6.07 Å². The SMILES string of the molecule is CC(=O)O[C@@]1(C#N)C[C@H]2O[C@@H]1[C@@H]1O[C@@H]12. The predicted octanol–water partition coefficient (Wildman–Crippen LogP) is -0.250. The summed E-state index contributed by atoms with van der Waals surface area (Å²) in [5.74, 6) is -0.445. The molecule has 3 fully saturated rings.